The summed E-state index contributed by atoms with van der Waals surface area (Å²) in [6, 6.07) is 6.64. The van der Waals surface area contributed by atoms with Gasteiger partial charge >= 0.3 is 6.18 Å². The lowest BCUT2D eigenvalue weighted by atomic mass is 9.75. The van der Waals surface area contributed by atoms with Crippen LogP contribution in [0.25, 0.3) is 0 Å². The van der Waals surface area contributed by atoms with Crippen molar-refractivity contribution in [1.82, 2.24) is 0 Å². The molecule has 0 bridgehead atoms. The minimum Gasteiger partial charge on any atom is -0.490 e. The summed E-state index contributed by atoms with van der Waals surface area (Å²) in [7, 11) is -8.87. The molecule has 2 aromatic carbocycles. The van der Waals surface area contributed by atoms with E-state index >= 15 is 4.39 Å². The van der Waals surface area contributed by atoms with E-state index in [9.17, 15) is 34.4 Å². The molecule has 1 saturated heterocycles. The average molecular weight is 587 g/mol. The van der Waals surface area contributed by atoms with Crippen molar-refractivity contribution in [3.05, 3.63) is 70.1 Å². The number of fused-ring (bicyclic) bond motifs is 3. The molecule has 14 heteroatoms. The van der Waals surface area contributed by atoms with E-state index in [4.69, 9.17) is 21.1 Å². The quantitative estimate of drug-likeness (QED) is 0.445. The number of hydrogen-bond donors (Lipinski definition) is 0. The van der Waals surface area contributed by atoms with Crippen molar-refractivity contribution in [3.63, 3.8) is 0 Å². The zero-order valence-electron chi connectivity index (χ0n) is 18.8. The van der Waals surface area contributed by atoms with Gasteiger partial charge in [0.15, 0.2) is 31.2 Å². The Morgan fingerprint density at radius 2 is 1.68 bits per heavy atom. The van der Waals surface area contributed by atoms with Crippen LogP contribution < -0.4 is 4.74 Å². The maximum Gasteiger partial charge on any atom is 0.410 e. The summed E-state index contributed by atoms with van der Waals surface area (Å²) >= 11 is 5.89. The number of sulfone groups is 2. The van der Waals surface area contributed by atoms with Gasteiger partial charge in [-0.05, 0) is 49.2 Å². The first kappa shape index (κ1) is 27.8. The number of alkyl halides is 3. The highest BCUT2D eigenvalue weighted by Crippen LogP contribution is 2.56. The first-order chi connectivity index (χ1) is 17.2. The maximum absolute atomic E-state index is 15.3. The first-order valence-corrected chi connectivity index (χ1v) is 14.5. The summed E-state index contributed by atoms with van der Waals surface area (Å²) in [5.41, 5.74) is -0.535. The summed E-state index contributed by atoms with van der Waals surface area (Å²) in [6.45, 7) is -0.745. The molecule has 0 aromatic heterocycles. The fourth-order valence-corrected chi connectivity index (χ4v) is 8.39. The predicted octanol–water partition coefficient (Wildman–Crippen LogP) is 4.97. The molecule has 0 spiro atoms. The molecule has 0 aliphatic carbocycles. The molecule has 3 atom stereocenters. The molecule has 2 aliphatic rings. The van der Waals surface area contributed by atoms with E-state index in [1.165, 1.54) is 24.3 Å². The molecule has 2 heterocycles. The number of allylic oxidation sites excluding steroid dienone is 1. The highest BCUT2D eigenvalue weighted by Gasteiger charge is 2.61. The largest absolute Gasteiger partial charge is 0.490 e. The van der Waals surface area contributed by atoms with Gasteiger partial charge in [-0.2, -0.15) is 13.2 Å². The Balaban J connectivity index is 1.81. The highest BCUT2D eigenvalue weighted by atomic mass is 35.5. The molecule has 4 rings (SSSR count). The Morgan fingerprint density at radius 1 is 1.03 bits per heavy atom. The zero-order valence-corrected chi connectivity index (χ0v) is 21.2. The molecule has 37 heavy (non-hydrogen) atoms. The van der Waals surface area contributed by atoms with E-state index in [-0.39, 0.29) is 28.4 Å². The molecular formula is C23H20ClF5O6S2. The molecule has 202 valence electrons. The van der Waals surface area contributed by atoms with Gasteiger partial charge in [0.2, 0.25) is 0 Å². The van der Waals surface area contributed by atoms with Gasteiger partial charge in [-0.3, -0.25) is 0 Å². The van der Waals surface area contributed by atoms with Crippen LogP contribution in [-0.4, -0.2) is 48.1 Å². The maximum atomic E-state index is 15.3. The molecule has 2 aliphatic heterocycles. The number of rotatable bonds is 6. The first-order valence-electron chi connectivity index (χ1n) is 10.9. The van der Waals surface area contributed by atoms with Crippen molar-refractivity contribution >= 4 is 31.3 Å². The monoisotopic (exact) mass is 586 g/mol. The van der Waals surface area contributed by atoms with Crippen molar-refractivity contribution in [2.75, 3.05) is 19.0 Å². The van der Waals surface area contributed by atoms with Gasteiger partial charge in [-0.15, -0.1) is 0 Å². The summed E-state index contributed by atoms with van der Waals surface area (Å²) in [5.74, 6) is -4.62. The second kappa shape index (κ2) is 9.83. The number of hydrogen-bond acceptors (Lipinski definition) is 6. The minimum absolute atomic E-state index is 0.0231. The summed E-state index contributed by atoms with van der Waals surface area (Å²) < 4.78 is 129. The summed E-state index contributed by atoms with van der Waals surface area (Å²) in [6.07, 6.45) is -7.17. The van der Waals surface area contributed by atoms with Crippen LogP contribution in [0.4, 0.5) is 22.0 Å². The van der Waals surface area contributed by atoms with Crippen molar-refractivity contribution < 1.29 is 48.3 Å². The Bertz CT molecular complexity index is 1420. The normalized spacial score (nSPS) is 24.4. The van der Waals surface area contributed by atoms with Gasteiger partial charge in [0.1, 0.15) is 10.6 Å². The topological polar surface area (TPSA) is 86.7 Å². The van der Waals surface area contributed by atoms with Crippen LogP contribution in [0.15, 0.2) is 52.8 Å². The van der Waals surface area contributed by atoms with Crippen molar-refractivity contribution in [2.45, 2.75) is 34.8 Å². The minimum atomic E-state index is -4.85. The zero-order chi connectivity index (χ0) is 27.2. The molecule has 0 saturated carbocycles. The van der Waals surface area contributed by atoms with Crippen LogP contribution in [0, 0.1) is 17.6 Å². The number of halogens is 6. The van der Waals surface area contributed by atoms with Gasteiger partial charge in [-0.1, -0.05) is 11.6 Å². The Hall–Kier alpha value is -2.22. The molecule has 0 amide bonds. The van der Waals surface area contributed by atoms with Gasteiger partial charge in [0, 0.05) is 29.0 Å². The third-order valence-corrected chi connectivity index (χ3v) is 10.7. The van der Waals surface area contributed by atoms with Crippen LogP contribution >= 0.6 is 11.6 Å². The van der Waals surface area contributed by atoms with E-state index in [2.05, 4.69) is 0 Å². The standard InChI is InChI=1S/C23H20ClF5O6S2/c24-14-1-3-15(4-2-14)37(32,33)22-8-10-34-19(7-11-36(30,31)12-9-23(27,28)29)16(22)13-35-21-18(26)6-5-17(25)20(21)22/h1-6,9,12,16,19H,7-8,10-11,13H2/b12-9+/t16-,19-,22-/m0/s1. The van der Waals surface area contributed by atoms with Crippen LogP contribution in [-0.2, 0) is 29.2 Å². The summed E-state index contributed by atoms with van der Waals surface area (Å²) in [4.78, 5) is -0.236. The fourth-order valence-electron chi connectivity index (χ4n) is 4.86. The summed E-state index contributed by atoms with van der Waals surface area (Å²) in [5, 5.41) is 0.259. The lowest BCUT2D eigenvalue weighted by Gasteiger charge is -2.50. The molecule has 0 N–H and O–H groups in total. The van der Waals surface area contributed by atoms with Gasteiger partial charge in [0.05, 0.1) is 28.9 Å². The fraction of sp³-hybridized carbons (Fsp3) is 0.391. The molecule has 6 nitrogen and oxygen atoms in total. The van der Waals surface area contributed by atoms with E-state index in [1.807, 2.05) is 0 Å². The highest BCUT2D eigenvalue weighted by molar-refractivity contribution is 7.94. The van der Waals surface area contributed by atoms with E-state index in [1.54, 1.807) is 0 Å². The van der Waals surface area contributed by atoms with Crippen LogP contribution in [0.3, 0.4) is 0 Å². The number of ether oxygens (including phenoxy) is 2. The molecule has 0 unspecified atom stereocenters. The average Bonchev–Trinajstić information content (AvgIpc) is 2.83. The number of benzene rings is 2. The SMILES string of the molecule is O=S(=O)(/C=C/C(F)(F)F)CC[C@@H]1OCC[C@@]2(S(=O)(=O)c3ccc(Cl)cc3)c3c(F)ccc(F)c3OC[C@@H]12. The van der Waals surface area contributed by atoms with Crippen LogP contribution in [0.2, 0.25) is 5.02 Å². The predicted molar refractivity (Wildman–Crippen MR) is 124 cm³/mol. The van der Waals surface area contributed by atoms with Gasteiger partial charge in [0.25, 0.3) is 0 Å². The van der Waals surface area contributed by atoms with Crippen molar-refractivity contribution in [1.29, 1.82) is 0 Å². The Morgan fingerprint density at radius 3 is 2.32 bits per heavy atom. The second-order valence-electron chi connectivity index (χ2n) is 8.66. The van der Waals surface area contributed by atoms with Crippen LogP contribution in [0.5, 0.6) is 5.75 Å². The van der Waals surface area contributed by atoms with E-state index in [0.717, 1.165) is 12.1 Å². The second-order valence-corrected chi connectivity index (χ2v) is 13.3. The molecular weight excluding hydrogens is 567 g/mol. The Labute approximate surface area is 214 Å². The van der Waals surface area contributed by atoms with Crippen molar-refractivity contribution in [3.8, 4) is 5.75 Å². The molecule has 1 fully saturated rings. The van der Waals surface area contributed by atoms with Crippen molar-refractivity contribution in [2.24, 2.45) is 5.92 Å². The molecule has 0 radical (unpaired) electrons. The molecule has 2 aromatic rings. The Kier molecular flexibility index (Phi) is 7.38. The van der Waals surface area contributed by atoms with E-state index in [0.29, 0.717) is 0 Å². The third kappa shape index (κ3) is 5.23. The third-order valence-electron chi connectivity index (χ3n) is 6.50. The van der Waals surface area contributed by atoms with E-state index < -0.39 is 90.4 Å². The lowest BCUT2D eigenvalue weighted by molar-refractivity contribution is -0.0797. The van der Waals surface area contributed by atoms with Gasteiger partial charge in [-0.25, -0.2) is 25.6 Å². The smallest absolute Gasteiger partial charge is 0.410 e. The van der Waals surface area contributed by atoms with Gasteiger partial charge < -0.3 is 9.47 Å². The lowest BCUT2D eigenvalue weighted by Crippen LogP contribution is -2.57. The van der Waals surface area contributed by atoms with Crippen LogP contribution in [0.1, 0.15) is 18.4 Å².